The number of hydrogen-bond acceptors (Lipinski definition) is 7. The lowest BCUT2D eigenvalue weighted by molar-refractivity contribution is -0.129. The summed E-state index contributed by atoms with van der Waals surface area (Å²) in [5.41, 5.74) is 1.84. The fraction of sp³-hybridized carbons (Fsp3) is 0.174. The highest BCUT2D eigenvalue weighted by molar-refractivity contribution is 7.91. The number of carbonyl (C=O) groups excluding carboxylic acids is 1. The zero-order valence-electron chi connectivity index (χ0n) is 17.5. The van der Waals surface area contributed by atoms with Crippen molar-refractivity contribution in [3.8, 4) is 23.0 Å². The predicted octanol–water partition coefficient (Wildman–Crippen LogP) is 3.91. The summed E-state index contributed by atoms with van der Waals surface area (Å²) in [5, 5.41) is 7.73. The van der Waals surface area contributed by atoms with Crippen LogP contribution in [-0.4, -0.2) is 33.8 Å². The quantitative estimate of drug-likeness (QED) is 0.370. The highest BCUT2D eigenvalue weighted by Crippen LogP contribution is 2.37. The van der Waals surface area contributed by atoms with Crippen molar-refractivity contribution in [2.45, 2.75) is 16.6 Å². The number of sulfone groups is 1. The molecule has 8 nitrogen and oxygen atoms in total. The van der Waals surface area contributed by atoms with Gasteiger partial charge in [0, 0.05) is 12.5 Å². The molecule has 0 aromatic heterocycles. The van der Waals surface area contributed by atoms with Crippen LogP contribution in [0.15, 0.2) is 77.7 Å². The summed E-state index contributed by atoms with van der Waals surface area (Å²) in [6.45, 7) is 0. The van der Waals surface area contributed by atoms with Gasteiger partial charge in [0.15, 0.2) is 21.3 Å². The molecule has 168 valence electrons. The van der Waals surface area contributed by atoms with E-state index >= 15 is 0 Å². The van der Waals surface area contributed by atoms with Crippen LogP contribution >= 0.6 is 0 Å². The summed E-state index contributed by atoms with van der Waals surface area (Å²) in [6.07, 6.45) is -0.498. The number of para-hydroxylation sites is 1. The summed E-state index contributed by atoms with van der Waals surface area (Å²) < 4.78 is 43.2. The highest BCUT2D eigenvalue weighted by atomic mass is 32.2. The van der Waals surface area contributed by atoms with Gasteiger partial charge in [-0.2, -0.15) is 0 Å². The molecule has 0 saturated heterocycles. The normalized spacial score (nSPS) is 12.0. The monoisotopic (exact) mass is 457 g/mol. The van der Waals surface area contributed by atoms with Crippen LogP contribution in [0.5, 0.6) is 23.0 Å². The van der Waals surface area contributed by atoms with Crippen LogP contribution in [0.2, 0.25) is 0 Å². The van der Waals surface area contributed by atoms with Gasteiger partial charge in [0.05, 0.1) is 24.4 Å². The molecule has 0 bridgehead atoms. The van der Waals surface area contributed by atoms with Gasteiger partial charge in [-0.05, 0) is 42.0 Å². The number of benzene rings is 3. The first-order chi connectivity index (χ1) is 15.4. The van der Waals surface area contributed by atoms with Gasteiger partial charge in [-0.15, -0.1) is 0 Å². The van der Waals surface area contributed by atoms with Crippen LogP contribution in [0.3, 0.4) is 0 Å². The first kappa shape index (κ1) is 23.1. The smallest absolute Gasteiger partial charge is 0.244 e. The Morgan fingerprint density at radius 2 is 1.59 bits per heavy atom. The lowest BCUT2D eigenvalue weighted by Gasteiger charge is -2.19. The molecule has 0 radical (unpaired) electrons. The van der Waals surface area contributed by atoms with E-state index in [4.69, 9.17) is 19.4 Å². The topological polar surface area (TPSA) is 111 Å². The third-order valence-electron chi connectivity index (χ3n) is 4.76. The van der Waals surface area contributed by atoms with Crippen LogP contribution < -0.4 is 19.7 Å². The first-order valence-electron chi connectivity index (χ1n) is 9.60. The van der Waals surface area contributed by atoms with Gasteiger partial charge in [-0.1, -0.05) is 30.3 Å². The van der Waals surface area contributed by atoms with Gasteiger partial charge in [0.2, 0.25) is 5.91 Å². The zero-order chi connectivity index (χ0) is 23.1. The molecule has 0 aliphatic rings. The molecule has 32 heavy (non-hydrogen) atoms. The van der Waals surface area contributed by atoms with Crippen molar-refractivity contribution in [2.75, 3.05) is 14.2 Å². The molecule has 3 aromatic carbocycles. The maximum absolute atomic E-state index is 13.5. The van der Waals surface area contributed by atoms with Crippen LogP contribution in [0.25, 0.3) is 0 Å². The van der Waals surface area contributed by atoms with Gasteiger partial charge >= 0.3 is 0 Å². The SMILES string of the molecule is COc1ccc(S(=O)(=O)C(CC(=O)NO)c2cccc(Oc3ccccc3)c2)cc1OC. The molecule has 1 unspecified atom stereocenters. The summed E-state index contributed by atoms with van der Waals surface area (Å²) in [6, 6.07) is 19.7. The van der Waals surface area contributed by atoms with E-state index in [9.17, 15) is 13.2 Å². The highest BCUT2D eigenvalue weighted by Gasteiger charge is 2.32. The first-order valence-corrected chi connectivity index (χ1v) is 11.2. The summed E-state index contributed by atoms with van der Waals surface area (Å²) in [4.78, 5) is 11.9. The average molecular weight is 458 g/mol. The van der Waals surface area contributed by atoms with E-state index in [-0.39, 0.29) is 10.6 Å². The van der Waals surface area contributed by atoms with E-state index < -0.39 is 27.4 Å². The van der Waals surface area contributed by atoms with E-state index in [1.54, 1.807) is 36.4 Å². The molecule has 0 saturated carbocycles. The van der Waals surface area contributed by atoms with Crippen molar-refractivity contribution in [1.29, 1.82) is 0 Å². The van der Waals surface area contributed by atoms with Gasteiger partial charge in [0.1, 0.15) is 11.5 Å². The fourth-order valence-electron chi connectivity index (χ4n) is 3.18. The Bertz CT molecular complexity index is 1180. The molecule has 2 N–H and O–H groups in total. The second-order valence-electron chi connectivity index (χ2n) is 6.78. The number of nitrogens with one attached hydrogen (secondary N) is 1. The maximum atomic E-state index is 13.5. The Morgan fingerprint density at radius 1 is 0.906 bits per heavy atom. The van der Waals surface area contributed by atoms with Crippen LogP contribution in [0, 0.1) is 0 Å². The number of carbonyl (C=O) groups is 1. The largest absolute Gasteiger partial charge is 0.493 e. The zero-order valence-corrected chi connectivity index (χ0v) is 18.3. The van der Waals surface area contributed by atoms with E-state index in [1.165, 1.54) is 37.9 Å². The molecule has 3 aromatic rings. The van der Waals surface area contributed by atoms with Crippen molar-refractivity contribution >= 4 is 15.7 Å². The third-order valence-corrected chi connectivity index (χ3v) is 6.86. The van der Waals surface area contributed by atoms with E-state index in [0.717, 1.165) is 0 Å². The summed E-state index contributed by atoms with van der Waals surface area (Å²) in [7, 11) is -1.23. The molecule has 0 fully saturated rings. The third kappa shape index (κ3) is 5.19. The van der Waals surface area contributed by atoms with Crippen molar-refractivity contribution in [3.63, 3.8) is 0 Å². The van der Waals surface area contributed by atoms with Crippen molar-refractivity contribution in [1.82, 2.24) is 5.48 Å². The fourth-order valence-corrected chi connectivity index (χ4v) is 4.91. The number of hydroxylamine groups is 1. The average Bonchev–Trinajstić information content (AvgIpc) is 2.82. The molecule has 9 heteroatoms. The second-order valence-corrected chi connectivity index (χ2v) is 8.91. The number of hydrogen-bond donors (Lipinski definition) is 2. The second kappa shape index (κ2) is 10.2. The van der Waals surface area contributed by atoms with Gasteiger partial charge in [-0.3, -0.25) is 10.0 Å². The van der Waals surface area contributed by atoms with Gasteiger partial charge < -0.3 is 14.2 Å². The minimum atomic E-state index is -4.07. The van der Waals surface area contributed by atoms with Gasteiger partial charge in [-0.25, -0.2) is 13.9 Å². The molecular formula is C23H23NO7S. The number of amides is 1. The van der Waals surface area contributed by atoms with E-state index in [2.05, 4.69) is 0 Å². The summed E-state index contributed by atoms with van der Waals surface area (Å²) in [5.74, 6) is 0.755. The maximum Gasteiger partial charge on any atom is 0.244 e. The minimum absolute atomic E-state index is 0.0553. The van der Waals surface area contributed by atoms with Crippen molar-refractivity contribution < 1.29 is 32.6 Å². The van der Waals surface area contributed by atoms with Crippen LogP contribution in [0.1, 0.15) is 17.2 Å². The van der Waals surface area contributed by atoms with Crippen LogP contribution in [0.4, 0.5) is 0 Å². The molecule has 0 heterocycles. The summed E-state index contributed by atoms with van der Waals surface area (Å²) >= 11 is 0. The number of ether oxygens (including phenoxy) is 3. The number of rotatable bonds is 9. The molecule has 0 aliphatic carbocycles. The Labute approximate surface area is 186 Å². The molecular weight excluding hydrogens is 434 g/mol. The standard InChI is InChI=1S/C23H23NO7S/c1-29-20-12-11-19(14-21(20)30-2)32(27,28)22(15-23(25)24-26)16-7-6-10-18(13-16)31-17-8-4-3-5-9-17/h3-14,22,26H,15H2,1-2H3,(H,24,25). The number of methoxy groups -OCH3 is 2. The lowest BCUT2D eigenvalue weighted by Crippen LogP contribution is -2.25. The predicted molar refractivity (Wildman–Crippen MR) is 117 cm³/mol. The Morgan fingerprint density at radius 3 is 2.25 bits per heavy atom. The van der Waals surface area contributed by atoms with Crippen molar-refractivity contribution in [2.24, 2.45) is 0 Å². The lowest BCUT2D eigenvalue weighted by atomic mass is 10.1. The van der Waals surface area contributed by atoms with E-state index in [0.29, 0.717) is 22.8 Å². The minimum Gasteiger partial charge on any atom is -0.493 e. The Kier molecular flexibility index (Phi) is 7.34. The van der Waals surface area contributed by atoms with Crippen molar-refractivity contribution in [3.05, 3.63) is 78.4 Å². The van der Waals surface area contributed by atoms with Crippen LogP contribution in [-0.2, 0) is 14.6 Å². The van der Waals surface area contributed by atoms with E-state index in [1.807, 2.05) is 18.2 Å². The molecule has 0 aliphatic heterocycles. The molecule has 1 atom stereocenters. The Hall–Kier alpha value is -3.56. The molecule has 3 rings (SSSR count). The molecule has 0 spiro atoms. The van der Waals surface area contributed by atoms with Gasteiger partial charge in [0.25, 0.3) is 0 Å². The Balaban J connectivity index is 2.03. The molecule has 1 amide bonds.